The van der Waals surface area contributed by atoms with E-state index in [1.165, 1.54) is 13.0 Å². The van der Waals surface area contributed by atoms with E-state index in [9.17, 15) is 8.42 Å². The Balaban J connectivity index is 3.70. The summed E-state index contributed by atoms with van der Waals surface area (Å²) < 4.78 is 30.6. The third-order valence-corrected chi connectivity index (χ3v) is 3.94. The van der Waals surface area contributed by atoms with Gasteiger partial charge in [-0.3, -0.25) is 4.55 Å². The fraction of sp³-hybridized carbons (Fsp3) is 0.143. The molecule has 0 unspecified atom stereocenters. The monoisotopic (exact) mass is 274 g/mol. The molecule has 0 aliphatic rings. The normalized spacial score (nSPS) is 11.8. The van der Waals surface area contributed by atoms with E-state index in [0.29, 0.717) is 5.56 Å². The van der Waals surface area contributed by atoms with E-state index in [-0.39, 0.29) is 15.1 Å². The first-order valence-electron chi connectivity index (χ1n) is 3.36. The standard InChI is InChI=1S/C7H5Cl3O3S/c1-3-4(8)2-5(9)7(6(3)10)14(11,12)13/h2H,1H3,(H,11,12,13). The number of benzene rings is 1. The molecule has 0 heterocycles. The van der Waals surface area contributed by atoms with Gasteiger partial charge in [0.15, 0.2) is 0 Å². The van der Waals surface area contributed by atoms with Crippen molar-refractivity contribution in [2.45, 2.75) is 11.8 Å². The molecule has 7 heteroatoms. The van der Waals surface area contributed by atoms with Crippen molar-refractivity contribution >= 4 is 44.9 Å². The zero-order valence-electron chi connectivity index (χ0n) is 6.88. The molecule has 1 aromatic rings. The van der Waals surface area contributed by atoms with Crippen LogP contribution in [0.2, 0.25) is 15.1 Å². The van der Waals surface area contributed by atoms with Crippen molar-refractivity contribution in [3.8, 4) is 0 Å². The van der Waals surface area contributed by atoms with E-state index in [4.69, 9.17) is 39.4 Å². The van der Waals surface area contributed by atoms with Crippen molar-refractivity contribution in [2.24, 2.45) is 0 Å². The van der Waals surface area contributed by atoms with Gasteiger partial charge in [-0.05, 0) is 18.6 Å². The van der Waals surface area contributed by atoms with E-state index in [0.717, 1.165) is 0 Å². The number of hydrogen-bond acceptors (Lipinski definition) is 2. The lowest BCUT2D eigenvalue weighted by Crippen LogP contribution is -2.01. The molecule has 0 saturated heterocycles. The van der Waals surface area contributed by atoms with Crippen LogP contribution < -0.4 is 0 Å². The van der Waals surface area contributed by atoms with E-state index in [1.807, 2.05) is 0 Å². The summed E-state index contributed by atoms with van der Waals surface area (Å²) in [6, 6.07) is 1.22. The summed E-state index contributed by atoms with van der Waals surface area (Å²) in [5, 5.41) is -0.120. The first-order valence-corrected chi connectivity index (χ1v) is 5.94. The van der Waals surface area contributed by atoms with Gasteiger partial charge >= 0.3 is 0 Å². The van der Waals surface area contributed by atoms with Crippen LogP contribution in [0.15, 0.2) is 11.0 Å². The van der Waals surface area contributed by atoms with Gasteiger partial charge in [-0.15, -0.1) is 0 Å². The molecule has 0 amide bonds. The molecule has 0 bridgehead atoms. The van der Waals surface area contributed by atoms with Gasteiger partial charge in [-0.1, -0.05) is 34.8 Å². The predicted octanol–water partition coefficient (Wildman–Crippen LogP) is 3.20. The second kappa shape index (κ2) is 3.87. The number of rotatable bonds is 1. The van der Waals surface area contributed by atoms with Gasteiger partial charge in [0.25, 0.3) is 10.1 Å². The third-order valence-electron chi connectivity index (χ3n) is 1.62. The highest BCUT2D eigenvalue weighted by atomic mass is 35.5. The van der Waals surface area contributed by atoms with E-state index in [1.54, 1.807) is 0 Å². The smallest absolute Gasteiger partial charge is 0.282 e. The highest BCUT2D eigenvalue weighted by molar-refractivity contribution is 7.86. The van der Waals surface area contributed by atoms with Crippen molar-refractivity contribution in [3.05, 3.63) is 26.7 Å². The average Bonchev–Trinajstić information content (AvgIpc) is 1.97. The van der Waals surface area contributed by atoms with Crippen molar-refractivity contribution in [1.82, 2.24) is 0 Å². The minimum absolute atomic E-state index is 0.162. The summed E-state index contributed by atoms with van der Waals surface area (Å²) in [5.41, 5.74) is 0.352. The molecule has 1 N–H and O–H groups in total. The van der Waals surface area contributed by atoms with Crippen molar-refractivity contribution in [3.63, 3.8) is 0 Å². The molecule has 14 heavy (non-hydrogen) atoms. The van der Waals surface area contributed by atoms with E-state index < -0.39 is 15.0 Å². The minimum Gasteiger partial charge on any atom is -0.282 e. The minimum atomic E-state index is -4.43. The summed E-state index contributed by atoms with van der Waals surface area (Å²) in [6.07, 6.45) is 0. The second-order valence-electron chi connectivity index (χ2n) is 2.58. The Bertz CT molecular complexity index is 481. The van der Waals surface area contributed by atoms with E-state index >= 15 is 0 Å². The van der Waals surface area contributed by atoms with Crippen molar-refractivity contribution in [1.29, 1.82) is 0 Å². The van der Waals surface area contributed by atoms with Crippen LogP contribution in [0, 0.1) is 6.92 Å². The van der Waals surface area contributed by atoms with Gasteiger partial charge in [0, 0.05) is 5.02 Å². The van der Waals surface area contributed by atoms with Crippen LogP contribution in [0.3, 0.4) is 0 Å². The van der Waals surface area contributed by atoms with Crippen molar-refractivity contribution in [2.75, 3.05) is 0 Å². The molecule has 78 valence electrons. The largest absolute Gasteiger partial charge is 0.297 e. The summed E-state index contributed by atoms with van der Waals surface area (Å²) >= 11 is 17.0. The molecule has 0 atom stereocenters. The molecule has 1 aromatic carbocycles. The summed E-state index contributed by atoms with van der Waals surface area (Å²) in [5.74, 6) is 0. The van der Waals surface area contributed by atoms with Gasteiger partial charge in [-0.25, -0.2) is 0 Å². The van der Waals surface area contributed by atoms with E-state index in [2.05, 4.69) is 0 Å². The molecule has 0 aliphatic heterocycles. The molecule has 0 saturated carbocycles. The van der Waals surface area contributed by atoms with Crippen LogP contribution >= 0.6 is 34.8 Å². The predicted molar refractivity (Wildman–Crippen MR) is 56.0 cm³/mol. The van der Waals surface area contributed by atoms with Crippen LogP contribution in [0.5, 0.6) is 0 Å². The Morgan fingerprint density at radius 3 is 2.14 bits per heavy atom. The van der Waals surface area contributed by atoms with Gasteiger partial charge < -0.3 is 0 Å². The van der Waals surface area contributed by atoms with Crippen LogP contribution in [-0.4, -0.2) is 13.0 Å². The Labute approximate surface area is 96.3 Å². The van der Waals surface area contributed by atoms with Gasteiger partial charge in [0.05, 0.1) is 10.0 Å². The van der Waals surface area contributed by atoms with Crippen molar-refractivity contribution < 1.29 is 13.0 Å². The van der Waals surface area contributed by atoms with Gasteiger partial charge in [0.1, 0.15) is 4.90 Å². The summed E-state index contributed by atoms with van der Waals surface area (Å²) in [4.78, 5) is -0.511. The molecule has 1 rings (SSSR count). The van der Waals surface area contributed by atoms with Gasteiger partial charge in [0.2, 0.25) is 0 Å². The van der Waals surface area contributed by atoms with Gasteiger partial charge in [-0.2, -0.15) is 8.42 Å². The molecular formula is C7H5Cl3O3S. The fourth-order valence-corrected chi connectivity index (χ4v) is 2.93. The maximum atomic E-state index is 10.9. The molecule has 0 radical (unpaired) electrons. The number of hydrogen-bond donors (Lipinski definition) is 1. The maximum Gasteiger partial charge on any atom is 0.297 e. The molecule has 3 nitrogen and oxygen atoms in total. The first-order chi connectivity index (χ1) is 6.25. The Hall–Kier alpha value is -0.000000000000000167. The Morgan fingerprint density at radius 1 is 1.21 bits per heavy atom. The lowest BCUT2D eigenvalue weighted by atomic mass is 10.2. The fourth-order valence-electron chi connectivity index (χ4n) is 0.901. The summed E-state index contributed by atoms with van der Waals surface area (Å²) in [7, 11) is -4.43. The SMILES string of the molecule is Cc1c(Cl)cc(Cl)c(S(=O)(=O)O)c1Cl. The van der Waals surface area contributed by atoms with Crippen LogP contribution in [0.25, 0.3) is 0 Å². The zero-order valence-corrected chi connectivity index (χ0v) is 9.97. The summed E-state index contributed by atoms with van der Waals surface area (Å²) in [6.45, 7) is 1.52. The average molecular weight is 276 g/mol. The maximum absolute atomic E-state index is 10.9. The molecule has 0 aromatic heterocycles. The highest BCUT2D eigenvalue weighted by Crippen LogP contribution is 2.36. The molecule has 0 spiro atoms. The highest BCUT2D eigenvalue weighted by Gasteiger charge is 2.22. The third kappa shape index (κ3) is 2.15. The number of halogens is 3. The Morgan fingerprint density at radius 2 is 1.71 bits per heavy atom. The van der Waals surface area contributed by atoms with Crippen LogP contribution in [0.4, 0.5) is 0 Å². The second-order valence-corrected chi connectivity index (χ2v) is 5.13. The first kappa shape index (κ1) is 12.1. The topological polar surface area (TPSA) is 54.4 Å². The molecule has 0 fully saturated rings. The molecule has 0 aliphatic carbocycles. The molecular weight excluding hydrogens is 270 g/mol. The quantitative estimate of drug-likeness (QED) is 0.801. The van der Waals surface area contributed by atoms with Crippen LogP contribution in [0.1, 0.15) is 5.56 Å². The zero-order chi connectivity index (χ0) is 11.1. The van der Waals surface area contributed by atoms with Crippen LogP contribution in [-0.2, 0) is 10.1 Å². The Kier molecular flexibility index (Phi) is 3.33. The lowest BCUT2D eigenvalue weighted by molar-refractivity contribution is 0.483. The lowest BCUT2D eigenvalue weighted by Gasteiger charge is -2.07.